The van der Waals surface area contributed by atoms with Crippen molar-refractivity contribution in [3.63, 3.8) is 0 Å². The second-order valence-electron chi connectivity index (χ2n) is 4.87. The van der Waals surface area contributed by atoms with Crippen molar-refractivity contribution in [3.8, 4) is 5.75 Å². The predicted molar refractivity (Wildman–Crippen MR) is 73.4 cm³/mol. The molecule has 0 amide bonds. The molecule has 0 fully saturated rings. The molecular formula is C15H20O5. The van der Waals surface area contributed by atoms with Crippen LogP contribution in [-0.2, 0) is 6.42 Å². The van der Waals surface area contributed by atoms with Gasteiger partial charge in [-0.25, -0.2) is 0 Å². The van der Waals surface area contributed by atoms with Crippen LogP contribution in [0.3, 0.4) is 0 Å². The van der Waals surface area contributed by atoms with E-state index in [1.807, 2.05) is 25.1 Å². The minimum absolute atomic E-state index is 0.252. The maximum atomic E-state index is 9.98. The highest BCUT2D eigenvalue weighted by atomic mass is 16.5. The highest BCUT2D eigenvalue weighted by molar-refractivity contribution is 5.34. The Labute approximate surface area is 117 Å². The number of aliphatic hydroxyl groups excluding tert-OH is 4. The molecular weight excluding hydrogens is 260 g/mol. The van der Waals surface area contributed by atoms with Crippen LogP contribution in [0.2, 0.25) is 0 Å². The third kappa shape index (κ3) is 2.86. The Kier molecular flexibility index (Phi) is 4.77. The second-order valence-corrected chi connectivity index (χ2v) is 4.87. The first-order valence-corrected chi connectivity index (χ1v) is 6.68. The lowest BCUT2D eigenvalue weighted by Gasteiger charge is -2.34. The molecule has 0 saturated carbocycles. The molecule has 2 rings (SSSR count). The zero-order valence-corrected chi connectivity index (χ0v) is 11.3. The summed E-state index contributed by atoms with van der Waals surface area (Å²) in [5.74, 6) is 0.621. The van der Waals surface area contributed by atoms with Gasteiger partial charge in [0.15, 0.2) is 0 Å². The molecule has 4 N–H and O–H groups in total. The van der Waals surface area contributed by atoms with E-state index in [1.54, 1.807) is 6.07 Å². The van der Waals surface area contributed by atoms with E-state index in [9.17, 15) is 20.4 Å². The normalized spacial score (nSPS) is 29.9. The molecule has 5 heteroatoms. The molecule has 0 aromatic heterocycles. The Morgan fingerprint density at radius 1 is 1.10 bits per heavy atom. The van der Waals surface area contributed by atoms with Gasteiger partial charge in [0.1, 0.15) is 30.2 Å². The Balaban J connectivity index is 2.25. The molecule has 0 saturated heterocycles. The van der Waals surface area contributed by atoms with Crippen LogP contribution in [0.1, 0.15) is 12.5 Å². The van der Waals surface area contributed by atoms with Crippen molar-refractivity contribution in [1.82, 2.24) is 0 Å². The summed E-state index contributed by atoms with van der Waals surface area (Å²) in [6, 6.07) is 7.43. The Morgan fingerprint density at radius 2 is 1.80 bits per heavy atom. The first-order valence-electron chi connectivity index (χ1n) is 6.68. The topological polar surface area (TPSA) is 90.2 Å². The van der Waals surface area contributed by atoms with E-state index in [0.29, 0.717) is 5.75 Å². The maximum absolute atomic E-state index is 9.98. The van der Waals surface area contributed by atoms with Crippen LogP contribution in [0.25, 0.3) is 0 Å². The van der Waals surface area contributed by atoms with Gasteiger partial charge >= 0.3 is 0 Å². The molecule has 0 aliphatic heterocycles. The van der Waals surface area contributed by atoms with Crippen LogP contribution < -0.4 is 4.74 Å². The van der Waals surface area contributed by atoms with E-state index in [0.717, 1.165) is 12.0 Å². The molecule has 1 aromatic rings. The zero-order chi connectivity index (χ0) is 14.7. The summed E-state index contributed by atoms with van der Waals surface area (Å²) < 4.78 is 5.73. The minimum atomic E-state index is -1.37. The highest BCUT2D eigenvalue weighted by Gasteiger charge is 2.38. The van der Waals surface area contributed by atoms with Crippen LogP contribution in [0, 0.1) is 0 Å². The maximum Gasteiger partial charge on any atom is 0.146 e. The lowest BCUT2D eigenvalue weighted by molar-refractivity contribution is -0.0890. The monoisotopic (exact) mass is 280 g/mol. The van der Waals surface area contributed by atoms with Crippen LogP contribution in [0.4, 0.5) is 0 Å². The average Bonchev–Trinajstić information content (AvgIpc) is 2.48. The third-order valence-corrected chi connectivity index (χ3v) is 3.57. The van der Waals surface area contributed by atoms with E-state index in [1.165, 1.54) is 6.08 Å². The lowest BCUT2D eigenvalue weighted by Crippen LogP contribution is -2.51. The summed E-state index contributed by atoms with van der Waals surface area (Å²) >= 11 is 0. The third-order valence-electron chi connectivity index (χ3n) is 3.57. The van der Waals surface area contributed by atoms with E-state index < -0.39 is 24.4 Å². The van der Waals surface area contributed by atoms with Crippen LogP contribution in [-0.4, -0.2) is 51.4 Å². The molecule has 0 heterocycles. The van der Waals surface area contributed by atoms with Crippen molar-refractivity contribution in [2.45, 2.75) is 37.8 Å². The molecule has 5 nitrogen and oxygen atoms in total. The van der Waals surface area contributed by atoms with Crippen molar-refractivity contribution in [1.29, 1.82) is 0 Å². The molecule has 0 unspecified atom stereocenters. The summed E-state index contributed by atoms with van der Waals surface area (Å²) in [7, 11) is 0. The van der Waals surface area contributed by atoms with Gasteiger partial charge in [0.25, 0.3) is 0 Å². The smallest absolute Gasteiger partial charge is 0.146 e. The quantitative estimate of drug-likeness (QED) is 0.583. The zero-order valence-electron chi connectivity index (χ0n) is 11.3. The fraction of sp³-hybridized carbons (Fsp3) is 0.467. The van der Waals surface area contributed by atoms with Crippen molar-refractivity contribution < 1.29 is 25.2 Å². The lowest BCUT2D eigenvalue weighted by atomic mass is 9.89. The molecule has 0 spiro atoms. The van der Waals surface area contributed by atoms with Gasteiger partial charge in [-0.3, -0.25) is 0 Å². The van der Waals surface area contributed by atoms with Gasteiger partial charge < -0.3 is 25.2 Å². The van der Waals surface area contributed by atoms with E-state index in [2.05, 4.69) is 0 Å². The second kappa shape index (κ2) is 6.37. The van der Waals surface area contributed by atoms with Crippen LogP contribution in [0.5, 0.6) is 5.75 Å². The molecule has 0 radical (unpaired) electrons. The van der Waals surface area contributed by atoms with Crippen molar-refractivity contribution in [3.05, 3.63) is 41.5 Å². The van der Waals surface area contributed by atoms with Crippen LogP contribution in [0.15, 0.2) is 35.9 Å². The highest BCUT2D eigenvalue weighted by Crippen LogP contribution is 2.26. The molecule has 1 aliphatic carbocycles. The molecule has 1 aromatic carbocycles. The Hall–Kier alpha value is -1.40. The van der Waals surface area contributed by atoms with Gasteiger partial charge in [0.05, 0.1) is 6.61 Å². The van der Waals surface area contributed by atoms with Gasteiger partial charge in [-0.1, -0.05) is 25.1 Å². The number of aliphatic hydroxyl groups is 4. The standard InChI is InChI=1S/C15H20O5/c1-2-9-5-3-4-6-11(9)20-12-7-10(8-16)13(17)15(19)14(12)18/h3-7,12-19H,2,8H2,1H3/t12-,13-,14+,15+/m1/s1. The largest absolute Gasteiger partial charge is 0.483 e. The fourth-order valence-corrected chi connectivity index (χ4v) is 2.32. The van der Waals surface area contributed by atoms with Crippen LogP contribution >= 0.6 is 0 Å². The molecule has 110 valence electrons. The van der Waals surface area contributed by atoms with Gasteiger partial charge in [0.2, 0.25) is 0 Å². The van der Waals surface area contributed by atoms with E-state index in [-0.39, 0.29) is 12.2 Å². The molecule has 0 bridgehead atoms. The number of para-hydroxylation sites is 1. The van der Waals surface area contributed by atoms with E-state index in [4.69, 9.17) is 4.74 Å². The van der Waals surface area contributed by atoms with Gasteiger partial charge in [-0.2, -0.15) is 0 Å². The number of ether oxygens (including phenoxy) is 1. The van der Waals surface area contributed by atoms with Gasteiger partial charge in [0, 0.05) is 0 Å². The average molecular weight is 280 g/mol. The number of rotatable bonds is 4. The van der Waals surface area contributed by atoms with Gasteiger partial charge in [-0.05, 0) is 29.7 Å². The molecule has 20 heavy (non-hydrogen) atoms. The summed E-state index contributed by atoms with van der Waals surface area (Å²) in [4.78, 5) is 0. The molecule has 1 aliphatic rings. The van der Waals surface area contributed by atoms with Crippen molar-refractivity contribution in [2.24, 2.45) is 0 Å². The SMILES string of the molecule is CCc1ccccc1O[C@@H]1C=C(CO)[C@@H](O)[C@H](O)[C@H]1O. The summed E-state index contributed by atoms with van der Waals surface area (Å²) in [6.07, 6.45) is -2.44. The number of aryl methyl sites for hydroxylation is 1. The minimum Gasteiger partial charge on any atom is -0.483 e. The first kappa shape index (κ1) is 15.0. The summed E-state index contributed by atoms with van der Waals surface area (Å²) in [5, 5.41) is 38.6. The van der Waals surface area contributed by atoms with Crippen molar-refractivity contribution >= 4 is 0 Å². The number of hydrogen-bond donors (Lipinski definition) is 4. The number of benzene rings is 1. The number of hydrogen-bond acceptors (Lipinski definition) is 5. The van der Waals surface area contributed by atoms with E-state index >= 15 is 0 Å². The fourth-order valence-electron chi connectivity index (χ4n) is 2.32. The Morgan fingerprint density at radius 3 is 2.45 bits per heavy atom. The predicted octanol–water partition coefficient (Wildman–Crippen LogP) is 0.0114. The molecule has 4 atom stereocenters. The van der Waals surface area contributed by atoms with Crippen molar-refractivity contribution in [2.75, 3.05) is 6.61 Å². The van der Waals surface area contributed by atoms with Gasteiger partial charge in [-0.15, -0.1) is 0 Å². The summed E-state index contributed by atoms with van der Waals surface area (Å²) in [6.45, 7) is 1.60. The summed E-state index contributed by atoms with van der Waals surface area (Å²) in [5.41, 5.74) is 1.24. The Bertz CT molecular complexity index is 485. The first-order chi connectivity index (χ1) is 9.58.